The van der Waals surface area contributed by atoms with Crippen molar-refractivity contribution in [3.8, 4) is 0 Å². The fourth-order valence-corrected chi connectivity index (χ4v) is 1.90. The molecule has 0 spiro atoms. The van der Waals surface area contributed by atoms with Gasteiger partial charge in [0.1, 0.15) is 11.8 Å². The molecule has 4 heteroatoms. The van der Waals surface area contributed by atoms with Gasteiger partial charge in [-0.1, -0.05) is 34.1 Å². The van der Waals surface area contributed by atoms with Crippen molar-refractivity contribution in [3.05, 3.63) is 51.9 Å². The monoisotopic (exact) mass is 306 g/mol. The van der Waals surface area contributed by atoms with Crippen LogP contribution in [0.5, 0.6) is 0 Å². The van der Waals surface area contributed by atoms with E-state index in [0.717, 1.165) is 17.3 Å². The van der Waals surface area contributed by atoms with Gasteiger partial charge in [0.05, 0.1) is 10.9 Å². The number of fused-ring (bicyclic) bond motifs is 1. The lowest BCUT2D eigenvalue weighted by atomic mass is 10.1. The first-order valence-corrected chi connectivity index (χ1v) is 6.61. The lowest BCUT2D eigenvalue weighted by Gasteiger charge is -1.99. The van der Waals surface area contributed by atoms with Gasteiger partial charge in [0.15, 0.2) is 6.29 Å². The number of allylic oxidation sites excluding steroid dienone is 1. The Balaban J connectivity index is 2.52. The van der Waals surface area contributed by atoms with Crippen molar-refractivity contribution in [2.24, 2.45) is 0 Å². The van der Waals surface area contributed by atoms with Gasteiger partial charge in [0.25, 0.3) is 0 Å². The number of hydrogen-bond donors (Lipinski definition) is 0. The molecule has 92 valence electrons. The summed E-state index contributed by atoms with van der Waals surface area (Å²) >= 11 is 3.34. The molecule has 1 heterocycles. The van der Waals surface area contributed by atoms with Crippen LogP contribution in [-0.2, 0) is 0 Å². The Hall–Kier alpha value is -1.68. The summed E-state index contributed by atoms with van der Waals surface area (Å²) in [6.07, 6.45) is 6.58. The van der Waals surface area contributed by atoms with Crippen LogP contribution in [0.1, 0.15) is 22.3 Å². The molecule has 1 aromatic heterocycles. The highest BCUT2D eigenvalue weighted by Gasteiger charge is 2.06. The number of rotatable bonds is 4. The maximum Gasteiger partial charge on any atom is 0.203 e. The van der Waals surface area contributed by atoms with Crippen LogP contribution in [0.2, 0.25) is 0 Å². The van der Waals surface area contributed by atoms with Crippen molar-refractivity contribution < 1.29 is 9.21 Å². The molecule has 1 aromatic carbocycles. The van der Waals surface area contributed by atoms with Crippen LogP contribution in [-0.4, -0.2) is 11.6 Å². The molecule has 0 radical (unpaired) electrons. The quantitative estimate of drug-likeness (QED) is 0.642. The van der Waals surface area contributed by atoms with E-state index in [1.165, 1.54) is 6.26 Å². The Kier molecular flexibility index (Phi) is 4.10. The van der Waals surface area contributed by atoms with Crippen molar-refractivity contribution in [1.29, 1.82) is 0 Å². The third kappa shape index (κ3) is 2.59. The van der Waals surface area contributed by atoms with E-state index in [0.29, 0.717) is 17.3 Å². The predicted octanol–water partition coefficient (Wildman–Crippen LogP) is 3.40. The lowest BCUT2D eigenvalue weighted by molar-refractivity contribution is 0.112. The van der Waals surface area contributed by atoms with E-state index in [2.05, 4.69) is 15.9 Å². The minimum atomic E-state index is -0.290. The molecule has 2 aromatic rings. The summed E-state index contributed by atoms with van der Waals surface area (Å²) in [6, 6.07) is 5.34. The van der Waals surface area contributed by atoms with Gasteiger partial charge in [-0.15, -0.1) is 0 Å². The van der Waals surface area contributed by atoms with Crippen LogP contribution < -0.4 is 5.43 Å². The van der Waals surface area contributed by atoms with Gasteiger partial charge in [-0.25, -0.2) is 0 Å². The van der Waals surface area contributed by atoms with Crippen LogP contribution in [0.25, 0.3) is 17.0 Å². The Labute approximate surface area is 112 Å². The van der Waals surface area contributed by atoms with Gasteiger partial charge < -0.3 is 4.42 Å². The summed E-state index contributed by atoms with van der Waals surface area (Å²) in [5.41, 5.74) is 1.16. The van der Waals surface area contributed by atoms with E-state index < -0.39 is 0 Å². The van der Waals surface area contributed by atoms with Gasteiger partial charge >= 0.3 is 0 Å². The Morgan fingerprint density at radius 1 is 1.33 bits per heavy atom. The number of carbonyl (C=O) groups excluding carboxylic acids is 1. The summed E-state index contributed by atoms with van der Waals surface area (Å²) in [6.45, 7) is 0. The predicted molar refractivity (Wildman–Crippen MR) is 75.3 cm³/mol. The summed E-state index contributed by atoms with van der Waals surface area (Å²) in [5.74, 6) is 0. The van der Waals surface area contributed by atoms with Crippen LogP contribution in [0.4, 0.5) is 0 Å². The molecule has 0 fully saturated rings. The molecule has 0 amide bonds. The highest BCUT2D eigenvalue weighted by atomic mass is 79.9. The Bertz CT molecular complexity index is 656. The van der Waals surface area contributed by atoms with Gasteiger partial charge in [0, 0.05) is 5.33 Å². The zero-order valence-electron chi connectivity index (χ0n) is 9.56. The first-order chi connectivity index (χ1) is 8.76. The lowest BCUT2D eigenvalue weighted by Crippen LogP contribution is -2.07. The second-order valence-corrected chi connectivity index (χ2v) is 4.57. The number of carbonyl (C=O) groups is 1. The van der Waals surface area contributed by atoms with E-state index in [4.69, 9.17) is 4.42 Å². The van der Waals surface area contributed by atoms with Crippen molar-refractivity contribution in [1.82, 2.24) is 0 Å². The normalized spacial score (nSPS) is 11.2. The molecule has 0 saturated heterocycles. The van der Waals surface area contributed by atoms with Crippen molar-refractivity contribution in [2.45, 2.75) is 6.42 Å². The standard InChI is InChI=1S/C14H11BrO3/c15-6-2-1-3-10-4-5-13-12(7-10)14(17)11(8-16)9-18-13/h1,3-5,7-9H,2,6H2. The highest BCUT2D eigenvalue weighted by Crippen LogP contribution is 2.14. The largest absolute Gasteiger partial charge is 0.463 e. The maximum absolute atomic E-state index is 11.9. The number of hydrogen-bond acceptors (Lipinski definition) is 3. The molecule has 0 unspecified atom stereocenters. The minimum Gasteiger partial charge on any atom is -0.463 e. The van der Waals surface area contributed by atoms with E-state index in [1.807, 2.05) is 18.2 Å². The first kappa shape index (κ1) is 12.8. The molecule has 0 saturated carbocycles. The third-order valence-electron chi connectivity index (χ3n) is 2.54. The zero-order valence-corrected chi connectivity index (χ0v) is 11.1. The molecule has 0 aliphatic heterocycles. The van der Waals surface area contributed by atoms with Gasteiger partial charge in [0.2, 0.25) is 5.43 Å². The van der Waals surface area contributed by atoms with Crippen molar-refractivity contribution >= 4 is 39.3 Å². The SMILES string of the molecule is O=Cc1coc2ccc(C=CCCBr)cc2c1=O. The fraction of sp³-hybridized carbons (Fsp3) is 0.143. The number of alkyl halides is 1. The molecule has 0 aliphatic carbocycles. The molecule has 18 heavy (non-hydrogen) atoms. The van der Waals surface area contributed by atoms with Crippen molar-refractivity contribution in [2.75, 3.05) is 5.33 Å². The van der Waals surface area contributed by atoms with Crippen LogP contribution in [0.15, 0.2) is 39.7 Å². The van der Waals surface area contributed by atoms with Crippen LogP contribution in [0.3, 0.4) is 0 Å². The van der Waals surface area contributed by atoms with E-state index in [9.17, 15) is 9.59 Å². The molecular formula is C14H11BrO3. The average Bonchev–Trinajstić information content (AvgIpc) is 2.40. The zero-order chi connectivity index (χ0) is 13.0. The number of aldehydes is 1. The van der Waals surface area contributed by atoms with Crippen molar-refractivity contribution in [3.63, 3.8) is 0 Å². The van der Waals surface area contributed by atoms with E-state index in [-0.39, 0.29) is 11.0 Å². The third-order valence-corrected chi connectivity index (χ3v) is 2.99. The molecule has 0 N–H and O–H groups in total. The molecule has 0 bridgehead atoms. The number of halogens is 1. The van der Waals surface area contributed by atoms with E-state index >= 15 is 0 Å². The smallest absolute Gasteiger partial charge is 0.203 e. The van der Waals surface area contributed by atoms with Gasteiger partial charge in [-0.05, 0) is 24.1 Å². The summed E-state index contributed by atoms with van der Waals surface area (Å²) in [7, 11) is 0. The molecular weight excluding hydrogens is 296 g/mol. The minimum absolute atomic E-state index is 0.0455. The molecule has 3 nitrogen and oxygen atoms in total. The number of benzene rings is 1. The van der Waals surface area contributed by atoms with Gasteiger partial charge in [-0.2, -0.15) is 0 Å². The van der Waals surface area contributed by atoms with Crippen LogP contribution >= 0.6 is 15.9 Å². The fourth-order valence-electron chi connectivity index (χ4n) is 1.63. The summed E-state index contributed by atoms with van der Waals surface area (Å²) in [5, 5.41) is 1.33. The molecule has 2 rings (SSSR count). The van der Waals surface area contributed by atoms with Gasteiger partial charge in [-0.3, -0.25) is 9.59 Å². The summed E-state index contributed by atoms with van der Waals surface area (Å²) in [4.78, 5) is 22.6. The maximum atomic E-state index is 11.9. The highest BCUT2D eigenvalue weighted by molar-refractivity contribution is 9.09. The second kappa shape index (κ2) is 5.78. The molecule has 0 aliphatic rings. The topological polar surface area (TPSA) is 47.3 Å². The van der Waals surface area contributed by atoms with E-state index in [1.54, 1.807) is 12.1 Å². The Morgan fingerprint density at radius 3 is 2.89 bits per heavy atom. The summed E-state index contributed by atoms with van der Waals surface area (Å²) < 4.78 is 5.23. The Morgan fingerprint density at radius 2 is 2.17 bits per heavy atom. The average molecular weight is 307 g/mol. The second-order valence-electron chi connectivity index (χ2n) is 3.77. The van der Waals surface area contributed by atoms with Crippen LogP contribution in [0, 0.1) is 0 Å². The first-order valence-electron chi connectivity index (χ1n) is 5.49. The molecule has 0 atom stereocenters.